The van der Waals surface area contributed by atoms with Gasteiger partial charge in [0, 0.05) is 0 Å². The fraction of sp³-hybridized carbons (Fsp3) is 0.333. The van der Waals surface area contributed by atoms with Crippen molar-refractivity contribution >= 4 is 0 Å². The highest BCUT2D eigenvalue weighted by Crippen LogP contribution is 1.72. The van der Waals surface area contributed by atoms with Crippen molar-refractivity contribution < 1.29 is 4.74 Å². The lowest BCUT2D eigenvalue weighted by atomic mass is 10.6. The maximum atomic E-state index is 4.90. The second-order valence-corrected chi connectivity index (χ2v) is 1.11. The van der Waals surface area contributed by atoms with E-state index in [2.05, 4.69) is 13.2 Å². The molecule has 0 aliphatic rings. The third-order valence-corrected chi connectivity index (χ3v) is 0.471. The van der Waals surface area contributed by atoms with Crippen molar-refractivity contribution in [2.24, 2.45) is 0 Å². The lowest BCUT2D eigenvalue weighted by Crippen LogP contribution is -1.87. The summed E-state index contributed by atoms with van der Waals surface area (Å²) in [5.74, 6) is 0. The summed E-state index contributed by atoms with van der Waals surface area (Å²) in [6, 6.07) is 0. The van der Waals surface area contributed by atoms with Gasteiger partial charge in [0.15, 0.2) is 0 Å². The second kappa shape index (κ2) is 15.7. The van der Waals surface area contributed by atoms with Crippen LogP contribution in [0.4, 0.5) is 0 Å². The molecular weight excluding hydrogens is 116 g/mol. The molecule has 6 N–H and O–H groups in total. The van der Waals surface area contributed by atoms with Gasteiger partial charge in [0.05, 0.1) is 13.2 Å². The summed E-state index contributed by atoms with van der Waals surface area (Å²) in [5, 5.41) is 0. The quantitative estimate of drug-likeness (QED) is 0.451. The Bertz CT molecular complexity index is 56.1. The zero-order chi connectivity index (χ0) is 5.54. The number of ether oxygens (including phenoxy) is 1. The number of rotatable bonds is 4. The molecule has 0 fully saturated rings. The predicted molar refractivity (Wildman–Crippen MR) is 41.3 cm³/mol. The summed E-state index contributed by atoms with van der Waals surface area (Å²) in [7, 11) is 0. The van der Waals surface area contributed by atoms with Crippen LogP contribution in [0.5, 0.6) is 0 Å². The number of hydrogen-bond donors (Lipinski definition) is 2. The topological polar surface area (TPSA) is 79.2 Å². The maximum Gasteiger partial charge on any atom is 0.0649 e. The summed E-state index contributed by atoms with van der Waals surface area (Å²) >= 11 is 0. The third-order valence-electron chi connectivity index (χ3n) is 0.471. The van der Waals surface area contributed by atoms with Gasteiger partial charge in [-0.1, -0.05) is 12.2 Å². The molecule has 0 radical (unpaired) electrons. The molecule has 0 aromatic carbocycles. The highest BCUT2D eigenvalue weighted by atomic mass is 16.5. The summed E-state index contributed by atoms with van der Waals surface area (Å²) in [4.78, 5) is 0. The van der Waals surface area contributed by atoms with Gasteiger partial charge in [-0.05, 0) is 0 Å². The Labute approximate surface area is 56.6 Å². The molecule has 0 aromatic heterocycles. The highest BCUT2D eigenvalue weighted by Gasteiger charge is 1.70. The van der Waals surface area contributed by atoms with Crippen LogP contribution in [0.15, 0.2) is 25.3 Å². The Hall–Kier alpha value is -0.640. The lowest BCUT2D eigenvalue weighted by molar-refractivity contribution is 0.194. The zero-order valence-electron chi connectivity index (χ0n) is 5.81. The molecule has 56 valence electrons. The molecule has 0 saturated carbocycles. The van der Waals surface area contributed by atoms with Crippen LogP contribution in [-0.2, 0) is 4.74 Å². The van der Waals surface area contributed by atoms with Gasteiger partial charge in [-0.25, -0.2) is 0 Å². The molecule has 0 aromatic rings. The molecule has 0 heterocycles. The van der Waals surface area contributed by atoms with Crippen molar-refractivity contribution in [3.8, 4) is 0 Å². The van der Waals surface area contributed by atoms with E-state index in [1.807, 2.05) is 0 Å². The first-order valence-corrected chi connectivity index (χ1v) is 2.21. The molecule has 9 heavy (non-hydrogen) atoms. The van der Waals surface area contributed by atoms with Crippen LogP contribution >= 0.6 is 0 Å². The van der Waals surface area contributed by atoms with Crippen molar-refractivity contribution in [2.75, 3.05) is 13.2 Å². The van der Waals surface area contributed by atoms with E-state index in [1.54, 1.807) is 12.2 Å². The van der Waals surface area contributed by atoms with Gasteiger partial charge in [0.1, 0.15) is 0 Å². The molecule has 0 aliphatic heterocycles. The Morgan fingerprint density at radius 2 is 1.33 bits per heavy atom. The monoisotopic (exact) mass is 132 g/mol. The summed E-state index contributed by atoms with van der Waals surface area (Å²) < 4.78 is 4.90. The molecule has 0 saturated heterocycles. The predicted octanol–water partition coefficient (Wildman–Crippen LogP) is 1.70. The van der Waals surface area contributed by atoms with Gasteiger partial charge in [-0.15, -0.1) is 13.2 Å². The minimum Gasteiger partial charge on any atom is -0.373 e. The molecule has 0 unspecified atom stereocenters. The van der Waals surface area contributed by atoms with E-state index in [1.165, 1.54) is 0 Å². The summed E-state index contributed by atoms with van der Waals surface area (Å²) in [6.07, 6.45) is 3.42. The molecular formula is C6H16N2O. The number of hydrogen-bond acceptors (Lipinski definition) is 3. The van der Waals surface area contributed by atoms with Crippen LogP contribution in [0.25, 0.3) is 0 Å². The van der Waals surface area contributed by atoms with Crippen LogP contribution < -0.4 is 12.3 Å². The third kappa shape index (κ3) is 18.7. The average Bonchev–Trinajstić information content (AvgIpc) is 1.69. The highest BCUT2D eigenvalue weighted by molar-refractivity contribution is 4.68. The van der Waals surface area contributed by atoms with E-state index in [-0.39, 0.29) is 12.3 Å². The molecule has 0 spiro atoms. The van der Waals surface area contributed by atoms with E-state index in [0.29, 0.717) is 13.2 Å². The van der Waals surface area contributed by atoms with Crippen LogP contribution in [0.2, 0.25) is 0 Å². The SMILES string of the molecule is C=CCOCC=C.N.N. The van der Waals surface area contributed by atoms with Gasteiger partial charge < -0.3 is 17.0 Å². The molecule has 3 nitrogen and oxygen atoms in total. The van der Waals surface area contributed by atoms with Gasteiger partial charge in [-0.2, -0.15) is 0 Å². The average molecular weight is 132 g/mol. The fourth-order valence-electron chi connectivity index (χ4n) is 0.235. The second-order valence-electron chi connectivity index (χ2n) is 1.11. The van der Waals surface area contributed by atoms with Crippen molar-refractivity contribution in [3.63, 3.8) is 0 Å². The smallest absolute Gasteiger partial charge is 0.0649 e. The van der Waals surface area contributed by atoms with Crippen LogP contribution in [-0.4, -0.2) is 13.2 Å². The van der Waals surface area contributed by atoms with Crippen LogP contribution in [0, 0.1) is 0 Å². The van der Waals surface area contributed by atoms with Crippen molar-refractivity contribution in [2.45, 2.75) is 0 Å². The van der Waals surface area contributed by atoms with Gasteiger partial charge in [0.25, 0.3) is 0 Å². The van der Waals surface area contributed by atoms with Gasteiger partial charge >= 0.3 is 0 Å². The van der Waals surface area contributed by atoms with Crippen molar-refractivity contribution in [3.05, 3.63) is 25.3 Å². The lowest BCUT2D eigenvalue weighted by Gasteiger charge is -1.89. The van der Waals surface area contributed by atoms with E-state index in [9.17, 15) is 0 Å². The minimum absolute atomic E-state index is 0. The van der Waals surface area contributed by atoms with Gasteiger partial charge in [0.2, 0.25) is 0 Å². The first-order chi connectivity index (χ1) is 3.41. The van der Waals surface area contributed by atoms with Gasteiger partial charge in [-0.3, -0.25) is 0 Å². The van der Waals surface area contributed by atoms with Crippen LogP contribution in [0.1, 0.15) is 0 Å². The molecule has 0 amide bonds. The fourth-order valence-corrected chi connectivity index (χ4v) is 0.235. The Morgan fingerprint density at radius 3 is 1.56 bits per heavy atom. The largest absolute Gasteiger partial charge is 0.373 e. The molecule has 0 bridgehead atoms. The minimum atomic E-state index is 0. The summed E-state index contributed by atoms with van der Waals surface area (Å²) in [5.41, 5.74) is 0. The maximum absolute atomic E-state index is 4.90. The Kier molecular flexibility index (Phi) is 27.4. The molecule has 3 heteroatoms. The van der Waals surface area contributed by atoms with E-state index in [4.69, 9.17) is 4.74 Å². The molecule has 0 rings (SSSR count). The van der Waals surface area contributed by atoms with E-state index < -0.39 is 0 Å². The first kappa shape index (κ1) is 15.8. The standard InChI is InChI=1S/C6H10O.2H3N/c1-3-5-7-6-4-2;;/h3-4H,1-2,5-6H2;2*1H3. The van der Waals surface area contributed by atoms with Crippen molar-refractivity contribution in [1.82, 2.24) is 12.3 Å². The van der Waals surface area contributed by atoms with E-state index in [0.717, 1.165) is 0 Å². The van der Waals surface area contributed by atoms with Crippen LogP contribution in [0.3, 0.4) is 0 Å². The zero-order valence-corrected chi connectivity index (χ0v) is 5.81. The first-order valence-electron chi connectivity index (χ1n) is 2.21. The van der Waals surface area contributed by atoms with E-state index >= 15 is 0 Å². The normalized spacial score (nSPS) is 6.22. The van der Waals surface area contributed by atoms with Crippen molar-refractivity contribution in [1.29, 1.82) is 0 Å². The summed E-state index contributed by atoms with van der Waals surface area (Å²) in [6.45, 7) is 8.18. The Morgan fingerprint density at radius 1 is 1.00 bits per heavy atom. The molecule has 0 atom stereocenters. The molecule has 0 aliphatic carbocycles. The Balaban J connectivity index is -0.000000180.